The van der Waals surface area contributed by atoms with Crippen molar-refractivity contribution in [3.05, 3.63) is 112 Å². The van der Waals surface area contributed by atoms with Crippen LogP contribution in [0.5, 0.6) is 0 Å². The van der Waals surface area contributed by atoms with E-state index in [-0.39, 0.29) is 12.1 Å². The lowest BCUT2D eigenvalue weighted by Gasteiger charge is -2.10. The number of nitrogens with zero attached hydrogens (tertiary/aromatic N) is 3. The van der Waals surface area contributed by atoms with E-state index < -0.39 is 0 Å². The third-order valence-electron chi connectivity index (χ3n) is 5.66. The van der Waals surface area contributed by atoms with Crippen LogP contribution in [-0.2, 0) is 33.6 Å². The normalized spacial score (nSPS) is 10.1. The van der Waals surface area contributed by atoms with E-state index in [1.807, 2.05) is 36.4 Å². The van der Waals surface area contributed by atoms with Gasteiger partial charge < -0.3 is 10.1 Å². The van der Waals surface area contributed by atoms with Crippen LogP contribution in [0.15, 0.2) is 72.8 Å². The molecule has 4 rings (SSSR count). The van der Waals surface area contributed by atoms with Crippen molar-refractivity contribution < 1.29 is 19.1 Å². The molecule has 0 spiro atoms. The first-order valence-corrected chi connectivity index (χ1v) is 12.3. The van der Waals surface area contributed by atoms with Crippen molar-refractivity contribution in [3.63, 3.8) is 0 Å². The van der Waals surface area contributed by atoms with Crippen molar-refractivity contribution in [1.29, 1.82) is 0 Å². The summed E-state index contributed by atoms with van der Waals surface area (Å²) in [5, 5.41) is 3.32. The van der Waals surface area contributed by atoms with Gasteiger partial charge in [-0.05, 0) is 61.2 Å². The highest BCUT2D eigenvalue weighted by molar-refractivity contribution is 5.89. The summed E-state index contributed by atoms with van der Waals surface area (Å²) in [6, 6.07) is 24.0. The van der Waals surface area contributed by atoms with Gasteiger partial charge in [0.25, 0.3) is 0 Å². The molecular weight excluding hydrogens is 480 g/mol. The van der Waals surface area contributed by atoms with Crippen LogP contribution in [0.4, 0.5) is 11.6 Å². The number of rotatable bonds is 9. The number of esters is 1. The van der Waals surface area contributed by atoms with Crippen molar-refractivity contribution >= 4 is 23.8 Å². The van der Waals surface area contributed by atoms with Crippen molar-refractivity contribution in [2.45, 2.75) is 40.0 Å². The minimum Gasteiger partial charge on any atom is -0.462 e. The minimum absolute atomic E-state index is 0.250. The summed E-state index contributed by atoms with van der Waals surface area (Å²) in [7, 11) is 0. The molecule has 0 saturated carbocycles. The molecule has 8 nitrogen and oxygen atoms in total. The van der Waals surface area contributed by atoms with Gasteiger partial charge in [-0.3, -0.25) is 0 Å². The van der Waals surface area contributed by atoms with Crippen LogP contribution in [0, 0.1) is 6.92 Å². The molecule has 38 heavy (non-hydrogen) atoms. The standard InChI is InChI=1S/C29H30N4O2.CO2/c1-4-21-8-10-22(11-9-21)18-26-31-27(19-23-12-14-24(15-13-23)28(34)35-5-2)33-29(32-26)30-25-16-6-20(3)7-17-25;2-1-3/h6-17H,4-5,18-19H2,1-3H3,(H,30,31,32,33);. The van der Waals surface area contributed by atoms with Gasteiger partial charge in [-0.15, -0.1) is 0 Å². The summed E-state index contributed by atoms with van der Waals surface area (Å²) >= 11 is 0. The summed E-state index contributed by atoms with van der Waals surface area (Å²) in [4.78, 5) is 42.3. The Bertz CT molecular complexity index is 1360. The number of hydrogen-bond acceptors (Lipinski definition) is 8. The fourth-order valence-corrected chi connectivity index (χ4v) is 3.68. The summed E-state index contributed by atoms with van der Waals surface area (Å²) in [5.74, 6) is 1.57. The fourth-order valence-electron chi connectivity index (χ4n) is 3.68. The zero-order chi connectivity index (χ0) is 27.3. The number of hydrogen-bond donors (Lipinski definition) is 1. The number of nitrogens with one attached hydrogen (secondary N) is 1. The summed E-state index contributed by atoms with van der Waals surface area (Å²) in [6.07, 6.45) is 2.40. The number of aromatic nitrogens is 3. The van der Waals surface area contributed by atoms with E-state index in [1.165, 1.54) is 11.1 Å². The van der Waals surface area contributed by atoms with E-state index in [0.29, 0.717) is 42.6 Å². The zero-order valence-electron chi connectivity index (χ0n) is 21.7. The van der Waals surface area contributed by atoms with E-state index in [2.05, 4.69) is 48.4 Å². The smallest absolute Gasteiger partial charge is 0.373 e. The molecule has 4 aromatic rings. The molecule has 0 saturated heterocycles. The number of carbonyl (C=O) groups excluding carboxylic acids is 3. The third-order valence-corrected chi connectivity index (χ3v) is 5.66. The molecule has 8 heteroatoms. The molecule has 1 N–H and O–H groups in total. The molecule has 3 aromatic carbocycles. The van der Waals surface area contributed by atoms with Crippen LogP contribution in [0.2, 0.25) is 0 Å². The summed E-state index contributed by atoms with van der Waals surface area (Å²) in [6.45, 7) is 6.35. The molecule has 1 aromatic heterocycles. The quantitative estimate of drug-likeness (QED) is 0.304. The number of benzene rings is 3. The van der Waals surface area contributed by atoms with E-state index in [4.69, 9.17) is 24.3 Å². The summed E-state index contributed by atoms with van der Waals surface area (Å²) < 4.78 is 5.07. The van der Waals surface area contributed by atoms with Gasteiger partial charge in [0.15, 0.2) is 0 Å². The Morgan fingerprint density at radius 3 is 1.76 bits per heavy atom. The number of ether oxygens (including phenoxy) is 1. The van der Waals surface area contributed by atoms with Crippen LogP contribution < -0.4 is 5.32 Å². The molecule has 0 unspecified atom stereocenters. The van der Waals surface area contributed by atoms with Gasteiger partial charge in [0.1, 0.15) is 11.6 Å². The lowest BCUT2D eigenvalue weighted by Crippen LogP contribution is -2.09. The van der Waals surface area contributed by atoms with Crippen molar-refractivity contribution in [1.82, 2.24) is 15.0 Å². The van der Waals surface area contributed by atoms with Gasteiger partial charge in [-0.2, -0.15) is 19.6 Å². The Morgan fingerprint density at radius 2 is 1.26 bits per heavy atom. The molecule has 0 bridgehead atoms. The average Bonchev–Trinajstić information content (AvgIpc) is 2.91. The van der Waals surface area contributed by atoms with Gasteiger partial charge in [0.05, 0.1) is 12.2 Å². The Kier molecular flexibility index (Phi) is 10.4. The van der Waals surface area contributed by atoms with Gasteiger partial charge in [-0.1, -0.05) is 61.0 Å². The maximum absolute atomic E-state index is 11.9. The van der Waals surface area contributed by atoms with Crippen LogP contribution in [0.3, 0.4) is 0 Å². The number of carbonyl (C=O) groups is 1. The van der Waals surface area contributed by atoms with Gasteiger partial charge in [0.2, 0.25) is 5.95 Å². The van der Waals surface area contributed by atoms with E-state index in [9.17, 15) is 4.79 Å². The second-order valence-electron chi connectivity index (χ2n) is 8.51. The first kappa shape index (κ1) is 27.9. The molecule has 0 aliphatic carbocycles. The molecule has 1 heterocycles. The van der Waals surface area contributed by atoms with Crippen LogP contribution in [0.25, 0.3) is 0 Å². The van der Waals surface area contributed by atoms with Crippen LogP contribution in [-0.4, -0.2) is 33.7 Å². The Morgan fingerprint density at radius 1 is 0.763 bits per heavy atom. The average molecular weight is 511 g/mol. The first-order chi connectivity index (χ1) is 18.4. The van der Waals surface area contributed by atoms with Gasteiger partial charge >= 0.3 is 12.1 Å². The SMILES string of the molecule is CCOC(=O)c1ccc(Cc2nc(Cc3ccc(CC)cc3)nc(Nc3ccc(C)cc3)n2)cc1.O=C=O. The minimum atomic E-state index is -0.319. The molecule has 0 aliphatic rings. The largest absolute Gasteiger partial charge is 0.462 e. The molecule has 0 amide bonds. The molecule has 0 fully saturated rings. The molecule has 194 valence electrons. The zero-order valence-corrected chi connectivity index (χ0v) is 21.7. The monoisotopic (exact) mass is 510 g/mol. The predicted octanol–water partition coefficient (Wildman–Crippen LogP) is 5.26. The van der Waals surface area contributed by atoms with Crippen molar-refractivity contribution in [3.8, 4) is 0 Å². The molecule has 0 atom stereocenters. The van der Waals surface area contributed by atoms with E-state index in [1.54, 1.807) is 19.1 Å². The lowest BCUT2D eigenvalue weighted by atomic mass is 10.1. The maximum Gasteiger partial charge on any atom is 0.373 e. The fraction of sp³-hybridized carbons (Fsp3) is 0.233. The molecule has 0 aliphatic heterocycles. The predicted molar refractivity (Wildman–Crippen MR) is 143 cm³/mol. The number of aryl methyl sites for hydroxylation is 2. The van der Waals surface area contributed by atoms with Gasteiger partial charge in [0, 0.05) is 18.5 Å². The topological polar surface area (TPSA) is 111 Å². The third kappa shape index (κ3) is 8.47. The van der Waals surface area contributed by atoms with E-state index in [0.717, 1.165) is 23.2 Å². The highest BCUT2D eigenvalue weighted by Gasteiger charge is 2.11. The van der Waals surface area contributed by atoms with Gasteiger partial charge in [-0.25, -0.2) is 9.78 Å². The summed E-state index contributed by atoms with van der Waals surface area (Å²) in [5.41, 5.74) is 6.10. The number of anilines is 2. The Labute approximate surface area is 222 Å². The molecular formula is C30H30N4O4. The Balaban J connectivity index is 0.00000127. The highest BCUT2D eigenvalue weighted by atomic mass is 16.5. The second-order valence-corrected chi connectivity index (χ2v) is 8.51. The second kappa shape index (κ2) is 14.2. The van der Waals surface area contributed by atoms with Crippen molar-refractivity contribution in [2.75, 3.05) is 11.9 Å². The van der Waals surface area contributed by atoms with E-state index >= 15 is 0 Å². The van der Waals surface area contributed by atoms with Crippen molar-refractivity contribution in [2.24, 2.45) is 0 Å². The maximum atomic E-state index is 11.9. The first-order valence-electron chi connectivity index (χ1n) is 12.3. The van der Waals surface area contributed by atoms with Crippen LogP contribution in [0.1, 0.15) is 58.1 Å². The molecule has 0 radical (unpaired) electrons. The Hall–Kier alpha value is -4.68. The lowest BCUT2D eigenvalue weighted by molar-refractivity contribution is -0.191. The van der Waals surface area contributed by atoms with Crippen LogP contribution >= 0.6 is 0 Å². The highest BCUT2D eigenvalue weighted by Crippen LogP contribution is 2.17.